The molecule has 0 aliphatic heterocycles. The van der Waals surface area contributed by atoms with Gasteiger partial charge in [0.15, 0.2) is 0 Å². The topological polar surface area (TPSA) is 127 Å². The standard InChI is InChI=1S/C14H19NO6S/c1-8-2-4-10(5-3-8)22(20,21)15-11-6-9(7-16)12(17)14(19)13(11)18/h2-6,11-19H,7H2,1H3/t11-,12+,13-,14-/m0/s1. The molecular weight excluding hydrogens is 310 g/mol. The summed E-state index contributed by atoms with van der Waals surface area (Å²) >= 11 is 0. The van der Waals surface area contributed by atoms with Crippen LogP contribution < -0.4 is 4.72 Å². The molecule has 0 heterocycles. The molecule has 0 unspecified atom stereocenters. The van der Waals surface area contributed by atoms with Gasteiger partial charge in [0.1, 0.15) is 18.3 Å². The van der Waals surface area contributed by atoms with E-state index in [-0.39, 0.29) is 10.5 Å². The zero-order valence-electron chi connectivity index (χ0n) is 11.9. The Morgan fingerprint density at radius 1 is 1.09 bits per heavy atom. The molecule has 0 radical (unpaired) electrons. The Kier molecular flexibility index (Phi) is 5.00. The van der Waals surface area contributed by atoms with E-state index in [0.717, 1.165) is 5.56 Å². The van der Waals surface area contributed by atoms with Crippen LogP contribution in [-0.2, 0) is 10.0 Å². The number of aliphatic hydroxyl groups excluding tert-OH is 4. The maximum atomic E-state index is 12.3. The average Bonchev–Trinajstić information content (AvgIpc) is 2.48. The molecule has 0 saturated carbocycles. The predicted octanol–water partition coefficient (Wildman–Crippen LogP) is -1.34. The van der Waals surface area contributed by atoms with Gasteiger partial charge in [-0.05, 0) is 24.6 Å². The molecule has 0 aromatic heterocycles. The Hall–Kier alpha value is -1.29. The first-order valence-corrected chi connectivity index (χ1v) is 8.19. The number of aliphatic hydroxyl groups is 4. The second-order valence-corrected chi connectivity index (χ2v) is 7.00. The first kappa shape index (κ1) is 17.1. The van der Waals surface area contributed by atoms with Gasteiger partial charge in [-0.15, -0.1) is 0 Å². The zero-order chi connectivity index (χ0) is 16.5. The molecule has 0 spiro atoms. The average molecular weight is 329 g/mol. The zero-order valence-corrected chi connectivity index (χ0v) is 12.7. The van der Waals surface area contributed by atoms with Gasteiger partial charge in [-0.2, -0.15) is 0 Å². The molecule has 5 N–H and O–H groups in total. The Morgan fingerprint density at radius 2 is 1.68 bits per heavy atom. The normalized spacial score (nSPS) is 29.2. The van der Waals surface area contributed by atoms with Crippen LogP contribution in [0.4, 0.5) is 0 Å². The highest BCUT2D eigenvalue weighted by Crippen LogP contribution is 2.21. The summed E-state index contributed by atoms with van der Waals surface area (Å²) in [5.41, 5.74) is 0.951. The molecule has 122 valence electrons. The van der Waals surface area contributed by atoms with E-state index in [9.17, 15) is 23.7 Å². The smallest absolute Gasteiger partial charge is 0.241 e. The third-order valence-electron chi connectivity index (χ3n) is 3.62. The summed E-state index contributed by atoms with van der Waals surface area (Å²) in [4.78, 5) is 0.0184. The van der Waals surface area contributed by atoms with Gasteiger partial charge in [-0.1, -0.05) is 23.8 Å². The van der Waals surface area contributed by atoms with E-state index >= 15 is 0 Å². The van der Waals surface area contributed by atoms with Crippen LogP contribution in [0.2, 0.25) is 0 Å². The number of hydrogen-bond donors (Lipinski definition) is 5. The van der Waals surface area contributed by atoms with Crippen molar-refractivity contribution in [2.24, 2.45) is 0 Å². The van der Waals surface area contributed by atoms with E-state index in [4.69, 9.17) is 5.11 Å². The highest BCUT2D eigenvalue weighted by Gasteiger charge is 2.38. The molecule has 0 bridgehead atoms. The minimum atomic E-state index is -3.91. The maximum Gasteiger partial charge on any atom is 0.241 e. The van der Waals surface area contributed by atoms with Crippen LogP contribution >= 0.6 is 0 Å². The molecule has 22 heavy (non-hydrogen) atoms. The largest absolute Gasteiger partial charge is 0.392 e. The molecule has 0 amide bonds. The molecule has 1 aliphatic rings. The lowest BCUT2D eigenvalue weighted by Gasteiger charge is -2.34. The van der Waals surface area contributed by atoms with Crippen molar-refractivity contribution in [3.63, 3.8) is 0 Å². The number of nitrogens with one attached hydrogen (secondary N) is 1. The van der Waals surface area contributed by atoms with Crippen molar-refractivity contribution < 1.29 is 28.8 Å². The van der Waals surface area contributed by atoms with E-state index in [1.54, 1.807) is 12.1 Å². The number of sulfonamides is 1. The molecule has 8 heteroatoms. The first-order chi connectivity index (χ1) is 10.3. The second kappa shape index (κ2) is 6.45. The lowest BCUT2D eigenvalue weighted by molar-refractivity contribution is -0.0615. The van der Waals surface area contributed by atoms with E-state index in [1.807, 2.05) is 6.92 Å². The fourth-order valence-electron chi connectivity index (χ4n) is 2.26. The molecule has 0 saturated heterocycles. The van der Waals surface area contributed by atoms with Gasteiger partial charge in [-0.3, -0.25) is 0 Å². The summed E-state index contributed by atoms with van der Waals surface area (Å²) in [6.45, 7) is 1.27. The molecule has 1 aromatic carbocycles. The molecule has 7 nitrogen and oxygen atoms in total. The molecule has 2 rings (SSSR count). The Bertz CT molecular complexity index is 654. The summed E-state index contributed by atoms with van der Waals surface area (Å²) < 4.78 is 26.8. The molecule has 1 aromatic rings. The fraction of sp³-hybridized carbons (Fsp3) is 0.429. The molecule has 0 fully saturated rings. The first-order valence-electron chi connectivity index (χ1n) is 6.71. The highest BCUT2D eigenvalue weighted by molar-refractivity contribution is 7.89. The van der Waals surface area contributed by atoms with Gasteiger partial charge >= 0.3 is 0 Å². The van der Waals surface area contributed by atoms with E-state index < -0.39 is 41.0 Å². The maximum absolute atomic E-state index is 12.3. The number of aryl methyl sites for hydroxylation is 1. The summed E-state index contributed by atoms with van der Waals surface area (Å²) in [5.74, 6) is 0. The van der Waals surface area contributed by atoms with Crippen LogP contribution in [-0.4, -0.2) is 59.8 Å². The van der Waals surface area contributed by atoms with Crippen LogP contribution in [0.5, 0.6) is 0 Å². The summed E-state index contributed by atoms with van der Waals surface area (Å²) in [6.07, 6.45) is -3.32. The van der Waals surface area contributed by atoms with E-state index in [2.05, 4.69) is 4.72 Å². The molecule has 4 atom stereocenters. The third kappa shape index (κ3) is 3.37. The minimum Gasteiger partial charge on any atom is -0.392 e. The van der Waals surface area contributed by atoms with Crippen molar-refractivity contribution in [2.75, 3.05) is 6.61 Å². The fourth-order valence-corrected chi connectivity index (χ4v) is 3.46. The quantitative estimate of drug-likeness (QED) is 0.435. The van der Waals surface area contributed by atoms with Crippen molar-refractivity contribution >= 4 is 10.0 Å². The lowest BCUT2D eigenvalue weighted by Crippen LogP contribution is -2.55. The SMILES string of the molecule is Cc1ccc(S(=O)(=O)N[C@H]2C=C(CO)[C@@H](O)[C@H](O)[C@H]2O)cc1. The van der Waals surface area contributed by atoms with Gasteiger partial charge in [0, 0.05) is 0 Å². The minimum absolute atomic E-state index is 0.0184. The Balaban J connectivity index is 2.28. The van der Waals surface area contributed by atoms with Gasteiger partial charge in [-0.25, -0.2) is 13.1 Å². The Morgan fingerprint density at radius 3 is 2.23 bits per heavy atom. The van der Waals surface area contributed by atoms with Gasteiger partial charge in [0.05, 0.1) is 17.5 Å². The van der Waals surface area contributed by atoms with Crippen molar-refractivity contribution in [2.45, 2.75) is 36.2 Å². The van der Waals surface area contributed by atoms with Gasteiger partial charge in [0.2, 0.25) is 10.0 Å². The van der Waals surface area contributed by atoms with Crippen LogP contribution in [0.3, 0.4) is 0 Å². The van der Waals surface area contributed by atoms with Crippen molar-refractivity contribution in [1.29, 1.82) is 0 Å². The van der Waals surface area contributed by atoms with Crippen LogP contribution in [0.15, 0.2) is 40.8 Å². The highest BCUT2D eigenvalue weighted by atomic mass is 32.2. The number of rotatable bonds is 4. The molecular formula is C14H19NO6S. The van der Waals surface area contributed by atoms with Crippen LogP contribution in [0, 0.1) is 6.92 Å². The van der Waals surface area contributed by atoms with Gasteiger partial charge in [0.25, 0.3) is 0 Å². The summed E-state index contributed by atoms with van der Waals surface area (Å²) in [7, 11) is -3.91. The predicted molar refractivity (Wildman–Crippen MR) is 78.5 cm³/mol. The van der Waals surface area contributed by atoms with Crippen LogP contribution in [0.1, 0.15) is 5.56 Å². The summed E-state index contributed by atoms with van der Waals surface area (Å²) in [5, 5.41) is 38.4. The Labute approximate surface area is 128 Å². The van der Waals surface area contributed by atoms with Gasteiger partial charge < -0.3 is 20.4 Å². The van der Waals surface area contributed by atoms with Crippen molar-refractivity contribution in [3.05, 3.63) is 41.5 Å². The van der Waals surface area contributed by atoms with Crippen molar-refractivity contribution in [3.8, 4) is 0 Å². The second-order valence-electron chi connectivity index (χ2n) is 5.29. The monoisotopic (exact) mass is 329 g/mol. The number of hydrogen-bond acceptors (Lipinski definition) is 6. The van der Waals surface area contributed by atoms with Crippen molar-refractivity contribution in [1.82, 2.24) is 4.72 Å². The molecule has 1 aliphatic carbocycles. The van der Waals surface area contributed by atoms with E-state index in [1.165, 1.54) is 18.2 Å². The number of benzene rings is 1. The summed E-state index contributed by atoms with van der Waals surface area (Å²) in [6, 6.07) is 4.98. The lowest BCUT2D eigenvalue weighted by atomic mass is 9.89. The third-order valence-corrected chi connectivity index (χ3v) is 5.10. The van der Waals surface area contributed by atoms with Crippen LogP contribution in [0.25, 0.3) is 0 Å². The van der Waals surface area contributed by atoms with E-state index in [0.29, 0.717) is 0 Å².